The van der Waals surface area contributed by atoms with Gasteiger partial charge in [0, 0.05) is 18.4 Å². The van der Waals surface area contributed by atoms with E-state index in [-0.39, 0.29) is 0 Å². The minimum Gasteiger partial charge on any atom is -0.242 e. The van der Waals surface area contributed by atoms with Gasteiger partial charge in [0.15, 0.2) is 11.8 Å². The molecule has 0 amide bonds. The van der Waals surface area contributed by atoms with Gasteiger partial charge in [-0.2, -0.15) is 0 Å². The molecule has 0 aromatic heterocycles. The van der Waals surface area contributed by atoms with Crippen LogP contribution >= 0.6 is 0 Å². The van der Waals surface area contributed by atoms with Gasteiger partial charge in [-0.25, -0.2) is 4.99 Å². The topological polar surface area (TPSA) is 14.0 Å². The van der Waals surface area contributed by atoms with Crippen molar-refractivity contribution in [2.45, 2.75) is 31.7 Å². The zero-order chi connectivity index (χ0) is 8.67. The van der Waals surface area contributed by atoms with Gasteiger partial charge in [0.25, 0.3) is 0 Å². The van der Waals surface area contributed by atoms with Crippen molar-refractivity contribution in [2.75, 3.05) is 0 Å². The molecule has 0 radical (unpaired) electrons. The van der Waals surface area contributed by atoms with Gasteiger partial charge < -0.3 is 0 Å². The molecule has 0 aromatic carbocycles. The van der Waals surface area contributed by atoms with Crippen LogP contribution in [0.25, 0.3) is 0 Å². The van der Waals surface area contributed by atoms with Gasteiger partial charge in [0.05, 0.1) is 5.92 Å². The molecule has 3 unspecified atom stereocenters. The Hall–Kier alpha value is -0.850. The Balaban J connectivity index is 1.93. The van der Waals surface area contributed by atoms with Crippen molar-refractivity contribution >= 4 is 5.71 Å². The highest BCUT2D eigenvalue weighted by atomic mass is 14.9. The first-order chi connectivity index (χ1) is 6.45. The van der Waals surface area contributed by atoms with E-state index in [0.29, 0.717) is 0 Å². The standard InChI is InChI=1S/C12H15N/c1-3-7-11-9(5-1)10-6-2-4-8-12(10)13-11/h1,3,5,7,9-10,12H,2,4,6,8H2/p+1. The van der Waals surface area contributed by atoms with Crippen molar-refractivity contribution in [3.63, 3.8) is 0 Å². The van der Waals surface area contributed by atoms with Crippen molar-refractivity contribution in [3.05, 3.63) is 24.3 Å². The number of allylic oxidation sites excluding steroid dienone is 4. The van der Waals surface area contributed by atoms with E-state index in [2.05, 4.69) is 29.3 Å². The molecular formula is C12H16N+. The highest BCUT2D eigenvalue weighted by Crippen LogP contribution is 2.33. The van der Waals surface area contributed by atoms with E-state index < -0.39 is 0 Å². The van der Waals surface area contributed by atoms with E-state index in [1.54, 1.807) is 0 Å². The molecule has 0 bridgehead atoms. The summed E-state index contributed by atoms with van der Waals surface area (Å²) in [5.74, 6) is 1.61. The zero-order valence-corrected chi connectivity index (χ0v) is 7.87. The number of fused-ring (bicyclic) bond motifs is 3. The number of hydrogen-bond acceptors (Lipinski definition) is 0. The van der Waals surface area contributed by atoms with Gasteiger partial charge in [-0.3, -0.25) is 0 Å². The van der Waals surface area contributed by atoms with Crippen molar-refractivity contribution in [2.24, 2.45) is 11.8 Å². The minimum atomic E-state index is 0.718. The van der Waals surface area contributed by atoms with E-state index in [0.717, 1.165) is 17.9 Å². The second-order valence-corrected chi connectivity index (χ2v) is 4.42. The summed E-state index contributed by atoms with van der Waals surface area (Å²) in [6, 6.07) is 0.779. The number of rotatable bonds is 0. The Morgan fingerprint density at radius 3 is 3.08 bits per heavy atom. The molecule has 2 aliphatic carbocycles. The third kappa shape index (κ3) is 1.10. The first kappa shape index (κ1) is 7.54. The summed E-state index contributed by atoms with van der Waals surface area (Å²) in [6.07, 6.45) is 14.6. The lowest BCUT2D eigenvalue weighted by atomic mass is 9.77. The lowest BCUT2D eigenvalue weighted by Crippen LogP contribution is -2.77. The van der Waals surface area contributed by atoms with E-state index in [1.807, 2.05) is 0 Å². The fourth-order valence-electron chi connectivity index (χ4n) is 3.06. The summed E-state index contributed by atoms with van der Waals surface area (Å²) in [6.45, 7) is 0. The fraction of sp³-hybridized carbons (Fsp3) is 0.583. The van der Waals surface area contributed by atoms with Gasteiger partial charge in [0.2, 0.25) is 0 Å². The lowest BCUT2D eigenvalue weighted by Gasteiger charge is -2.23. The van der Waals surface area contributed by atoms with Gasteiger partial charge in [0.1, 0.15) is 0 Å². The fourth-order valence-corrected chi connectivity index (χ4v) is 3.06. The van der Waals surface area contributed by atoms with Crippen LogP contribution in [0.3, 0.4) is 0 Å². The van der Waals surface area contributed by atoms with E-state index in [1.165, 1.54) is 31.4 Å². The Morgan fingerprint density at radius 1 is 1.15 bits per heavy atom. The summed E-state index contributed by atoms with van der Waals surface area (Å²) in [7, 11) is 0. The van der Waals surface area contributed by atoms with Crippen LogP contribution in [0, 0.1) is 11.8 Å². The predicted molar refractivity (Wildman–Crippen MR) is 53.5 cm³/mol. The van der Waals surface area contributed by atoms with Crippen LogP contribution in [-0.4, -0.2) is 11.8 Å². The maximum absolute atomic E-state index is 3.67. The Labute approximate surface area is 79.3 Å². The minimum absolute atomic E-state index is 0.718. The molecule has 0 aromatic rings. The van der Waals surface area contributed by atoms with Crippen LogP contribution in [0.15, 0.2) is 24.3 Å². The molecule has 3 rings (SSSR count). The molecule has 1 heterocycles. The SMILES string of the molecule is C1=CC2=[NH+]C3CCCCC3C2C=C1. The van der Waals surface area contributed by atoms with Crippen LogP contribution in [0.1, 0.15) is 25.7 Å². The average molecular weight is 174 g/mol. The largest absolute Gasteiger partial charge is 0.242 e. The molecule has 1 saturated carbocycles. The third-order valence-corrected chi connectivity index (χ3v) is 3.70. The van der Waals surface area contributed by atoms with Gasteiger partial charge in [-0.1, -0.05) is 24.6 Å². The molecule has 1 aliphatic heterocycles. The summed E-state index contributed by atoms with van der Waals surface area (Å²) in [5.41, 5.74) is 1.47. The second-order valence-electron chi connectivity index (χ2n) is 4.42. The Kier molecular flexibility index (Phi) is 1.64. The van der Waals surface area contributed by atoms with Crippen molar-refractivity contribution in [1.82, 2.24) is 0 Å². The van der Waals surface area contributed by atoms with Gasteiger partial charge in [-0.05, 0) is 12.8 Å². The molecule has 3 atom stereocenters. The van der Waals surface area contributed by atoms with Crippen molar-refractivity contribution in [3.8, 4) is 0 Å². The molecular weight excluding hydrogens is 158 g/mol. The van der Waals surface area contributed by atoms with Crippen LogP contribution in [-0.2, 0) is 0 Å². The molecule has 1 fully saturated rings. The molecule has 13 heavy (non-hydrogen) atoms. The lowest BCUT2D eigenvalue weighted by molar-refractivity contribution is -0.503. The third-order valence-electron chi connectivity index (χ3n) is 3.70. The molecule has 68 valence electrons. The summed E-state index contributed by atoms with van der Waals surface area (Å²) in [5, 5.41) is 0. The van der Waals surface area contributed by atoms with Crippen molar-refractivity contribution in [1.29, 1.82) is 0 Å². The van der Waals surface area contributed by atoms with Crippen LogP contribution < -0.4 is 4.99 Å². The maximum Gasteiger partial charge on any atom is 0.182 e. The molecule has 1 nitrogen and oxygen atoms in total. The highest BCUT2D eigenvalue weighted by molar-refractivity contribution is 5.95. The monoisotopic (exact) mass is 174 g/mol. The smallest absolute Gasteiger partial charge is 0.182 e. The number of hydrogen-bond donors (Lipinski definition) is 1. The predicted octanol–water partition coefficient (Wildman–Crippen LogP) is 0.823. The normalized spacial score (nSPS) is 41.2. The summed E-state index contributed by atoms with van der Waals surface area (Å²) in [4.78, 5) is 3.67. The average Bonchev–Trinajstić information content (AvgIpc) is 2.56. The van der Waals surface area contributed by atoms with Crippen molar-refractivity contribution < 1.29 is 4.99 Å². The maximum atomic E-state index is 3.67. The summed E-state index contributed by atoms with van der Waals surface area (Å²) >= 11 is 0. The molecule has 0 saturated heterocycles. The number of nitrogens with one attached hydrogen (secondary N) is 1. The zero-order valence-electron chi connectivity index (χ0n) is 7.87. The molecule has 3 aliphatic rings. The van der Waals surface area contributed by atoms with E-state index in [9.17, 15) is 0 Å². The molecule has 1 N–H and O–H groups in total. The van der Waals surface area contributed by atoms with Gasteiger partial charge >= 0.3 is 0 Å². The van der Waals surface area contributed by atoms with Crippen LogP contribution in [0.2, 0.25) is 0 Å². The first-order valence-electron chi connectivity index (χ1n) is 5.43. The van der Waals surface area contributed by atoms with Gasteiger partial charge in [-0.15, -0.1) is 0 Å². The first-order valence-corrected chi connectivity index (χ1v) is 5.43. The van der Waals surface area contributed by atoms with Crippen LogP contribution in [0.4, 0.5) is 0 Å². The quantitative estimate of drug-likeness (QED) is 0.559. The molecule has 0 spiro atoms. The Morgan fingerprint density at radius 2 is 2.08 bits per heavy atom. The highest BCUT2D eigenvalue weighted by Gasteiger charge is 2.43. The Bertz CT molecular complexity index is 298. The van der Waals surface area contributed by atoms with E-state index >= 15 is 0 Å². The summed E-state index contributed by atoms with van der Waals surface area (Å²) < 4.78 is 0. The van der Waals surface area contributed by atoms with E-state index in [4.69, 9.17) is 0 Å². The van der Waals surface area contributed by atoms with Crippen LogP contribution in [0.5, 0.6) is 0 Å². The molecule has 1 heteroatoms. The second kappa shape index (κ2) is 2.83.